The van der Waals surface area contributed by atoms with Gasteiger partial charge in [-0.25, -0.2) is 0 Å². The SMILES string of the molecule is COc1ccc2onc(OC3C(C)=CC45C(=O)C(C=C6COC(C)(C)OC6C34O)C3C(CC5C)C3(C)C)c2c1. The summed E-state index contributed by atoms with van der Waals surface area (Å²) in [5.41, 5.74) is -0.731. The van der Waals surface area contributed by atoms with Gasteiger partial charge in [0.15, 0.2) is 28.9 Å². The van der Waals surface area contributed by atoms with E-state index in [-0.39, 0.29) is 41.4 Å². The number of Topliss-reactive ketones (excluding diaryl/α,β-unsaturated/α-hetero) is 1. The number of aliphatic hydroxyl groups is 1. The first-order chi connectivity index (χ1) is 18.3. The molecule has 1 aromatic carbocycles. The van der Waals surface area contributed by atoms with Crippen molar-refractivity contribution >= 4 is 16.8 Å². The van der Waals surface area contributed by atoms with Crippen LogP contribution in [0, 0.1) is 34.5 Å². The molecular formula is C31H37NO7. The quantitative estimate of drug-likeness (QED) is 0.557. The van der Waals surface area contributed by atoms with E-state index in [4.69, 9.17) is 23.5 Å². The second-order valence-electron chi connectivity index (χ2n) is 13.3. The average molecular weight is 536 g/mol. The van der Waals surface area contributed by atoms with Crippen LogP contribution in [-0.4, -0.2) is 53.4 Å². The van der Waals surface area contributed by atoms with Gasteiger partial charge in [-0.2, -0.15) is 0 Å². The Balaban J connectivity index is 1.41. The Kier molecular flexibility index (Phi) is 5.02. The van der Waals surface area contributed by atoms with Gasteiger partial charge in [0.05, 0.1) is 24.5 Å². The van der Waals surface area contributed by atoms with E-state index >= 15 is 0 Å². The van der Waals surface area contributed by atoms with Gasteiger partial charge in [0.1, 0.15) is 11.9 Å². The molecule has 1 N–H and O–H groups in total. The molecule has 2 aromatic rings. The number of carbonyl (C=O) groups is 1. The third kappa shape index (κ3) is 3.11. The third-order valence-corrected chi connectivity index (χ3v) is 10.5. The minimum Gasteiger partial charge on any atom is -0.497 e. The van der Waals surface area contributed by atoms with Crippen LogP contribution in [0.4, 0.5) is 0 Å². The molecule has 8 heteroatoms. The fourth-order valence-electron chi connectivity index (χ4n) is 8.52. The van der Waals surface area contributed by atoms with E-state index in [1.807, 2.05) is 26.8 Å². The lowest BCUT2D eigenvalue weighted by Crippen LogP contribution is -2.68. The molecule has 1 aliphatic heterocycles. The van der Waals surface area contributed by atoms with Crippen LogP contribution in [0.1, 0.15) is 48.0 Å². The van der Waals surface area contributed by atoms with Crippen LogP contribution in [0.3, 0.4) is 0 Å². The monoisotopic (exact) mass is 535 g/mol. The number of hydrogen-bond donors (Lipinski definition) is 1. The first-order valence-corrected chi connectivity index (χ1v) is 13.9. The van der Waals surface area contributed by atoms with Crippen LogP contribution in [0.25, 0.3) is 11.0 Å². The van der Waals surface area contributed by atoms with Crippen LogP contribution in [-0.2, 0) is 14.3 Å². The van der Waals surface area contributed by atoms with Crippen molar-refractivity contribution in [2.24, 2.45) is 34.5 Å². The summed E-state index contributed by atoms with van der Waals surface area (Å²) in [5.74, 6) is 0.146. The summed E-state index contributed by atoms with van der Waals surface area (Å²) in [6.45, 7) is 12.5. The molecule has 4 aliphatic carbocycles. The number of fused-ring (bicyclic) bond motifs is 6. The Hall–Kier alpha value is -2.68. The average Bonchev–Trinajstić information content (AvgIpc) is 3.16. The summed E-state index contributed by atoms with van der Waals surface area (Å²) < 4.78 is 30.2. The molecule has 8 nitrogen and oxygen atoms in total. The highest BCUT2D eigenvalue weighted by molar-refractivity contribution is 5.95. The van der Waals surface area contributed by atoms with E-state index < -0.39 is 29.0 Å². The minimum atomic E-state index is -1.72. The van der Waals surface area contributed by atoms with Gasteiger partial charge < -0.3 is 28.6 Å². The second-order valence-corrected chi connectivity index (χ2v) is 13.3. The van der Waals surface area contributed by atoms with Crippen molar-refractivity contribution in [3.05, 3.63) is 41.5 Å². The lowest BCUT2D eigenvalue weighted by molar-refractivity contribution is -0.301. The summed E-state index contributed by atoms with van der Waals surface area (Å²) in [7, 11) is 1.59. The largest absolute Gasteiger partial charge is 0.497 e. The fourth-order valence-corrected chi connectivity index (χ4v) is 8.52. The molecule has 39 heavy (non-hydrogen) atoms. The van der Waals surface area contributed by atoms with Crippen molar-refractivity contribution in [1.82, 2.24) is 5.16 Å². The Morgan fingerprint density at radius 2 is 1.95 bits per heavy atom. The highest BCUT2D eigenvalue weighted by Gasteiger charge is 2.77. The second kappa shape index (κ2) is 7.74. The Morgan fingerprint density at radius 3 is 2.69 bits per heavy atom. The third-order valence-electron chi connectivity index (χ3n) is 10.5. The first-order valence-electron chi connectivity index (χ1n) is 13.9. The first kappa shape index (κ1) is 25.3. The molecule has 0 radical (unpaired) electrons. The van der Waals surface area contributed by atoms with Gasteiger partial charge in [-0.3, -0.25) is 4.79 Å². The molecule has 8 atom stereocenters. The highest BCUT2D eigenvalue weighted by Crippen LogP contribution is 2.72. The van der Waals surface area contributed by atoms with E-state index in [1.54, 1.807) is 25.3 Å². The van der Waals surface area contributed by atoms with E-state index in [0.717, 1.165) is 17.6 Å². The summed E-state index contributed by atoms with van der Waals surface area (Å²) in [6.07, 6.45) is 3.19. The normalized spacial score (nSPS) is 41.4. The van der Waals surface area contributed by atoms with Crippen molar-refractivity contribution in [3.8, 4) is 11.6 Å². The standard InChI is InChI=1S/C31H37NO7/c1-15-13-30-16(2)10-21-23(28(21,3)4)20(24(30)33)11-17-14-36-29(5,6)38-26(17)31(30,34)25(15)37-27-19-12-18(35-7)8-9-22(19)39-32-27/h8-9,11-13,16,20-21,23,25-26,34H,10,14H2,1-7H3. The summed E-state index contributed by atoms with van der Waals surface area (Å²) >= 11 is 0. The molecule has 2 bridgehead atoms. The van der Waals surface area contributed by atoms with Crippen LogP contribution in [0.5, 0.6) is 11.6 Å². The zero-order valence-electron chi connectivity index (χ0n) is 23.6. The number of benzene rings is 1. The van der Waals surface area contributed by atoms with E-state index in [0.29, 0.717) is 22.6 Å². The molecule has 3 fully saturated rings. The van der Waals surface area contributed by atoms with Crippen molar-refractivity contribution in [2.45, 2.75) is 71.6 Å². The number of carbonyl (C=O) groups excluding carboxylic acids is 1. The van der Waals surface area contributed by atoms with Crippen LogP contribution >= 0.6 is 0 Å². The molecule has 1 saturated heterocycles. The van der Waals surface area contributed by atoms with Crippen molar-refractivity contribution in [1.29, 1.82) is 0 Å². The van der Waals surface area contributed by atoms with Gasteiger partial charge in [-0.1, -0.05) is 32.9 Å². The van der Waals surface area contributed by atoms with Crippen molar-refractivity contribution < 1.29 is 33.4 Å². The molecule has 208 valence electrons. The lowest BCUT2D eigenvalue weighted by Gasteiger charge is -2.52. The Labute approximate surface area is 228 Å². The molecule has 0 amide bonds. The predicted octanol–water partition coefficient (Wildman–Crippen LogP) is 4.85. The van der Waals surface area contributed by atoms with Gasteiger partial charge >= 0.3 is 0 Å². The number of allylic oxidation sites excluding steroid dienone is 1. The molecule has 1 aromatic heterocycles. The lowest BCUT2D eigenvalue weighted by atomic mass is 9.59. The molecular weight excluding hydrogens is 498 g/mol. The van der Waals surface area contributed by atoms with Crippen LogP contribution < -0.4 is 9.47 Å². The molecule has 7 rings (SSSR count). The molecule has 1 spiro atoms. The zero-order valence-corrected chi connectivity index (χ0v) is 23.6. The summed E-state index contributed by atoms with van der Waals surface area (Å²) in [6, 6.07) is 5.36. The number of rotatable bonds is 3. The number of nitrogens with zero attached hydrogens (tertiary/aromatic N) is 1. The maximum absolute atomic E-state index is 14.8. The Morgan fingerprint density at radius 1 is 1.18 bits per heavy atom. The number of methoxy groups -OCH3 is 1. The van der Waals surface area contributed by atoms with Crippen molar-refractivity contribution in [3.63, 3.8) is 0 Å². The van der Waals surface area contributed by atoms with Crippen LogP contribution in [0.2, 0.25) is 0 Å². The minimum absolute atomic E-state index is 0.0519. The molecule has 5 aliphatic rings. The van der Waals surface area contributed by atoms with Gasteiger partial charge in [0.2, 0.25) is 0 Å². The van der Waals surface area contributed by atoms with E-state index in [2.05, 4.69) is 32.0 Å². The zero-order chi connectivity index (χ0) is 27.7. The predicted molar refractivity (Wildman–Crippen MR) is 142 cm³/mol. The molecule has 8 unspecified atom stereocenters. The fraction of sp³-hybridized carbons (Fsp3) is 0.613. The highest BCUT2D eigenvalue weighted by atomic mass is 16.7. The number of hydrogen-bond acceptors (Lipinski definition) is 8. The number of ether oxygens (including phenoxy) is 4. The van der Waals surface area contributed by atoms with Gasteiger partial charge in [-0.05, 0) is 84.9 Å². The summed E-state index contributed by atoms with van der Waals surface area (Å²) in [5, 5.41) is 18.1. The smallest absolute Gasteiger partial charge is 0.262 e. The van der Waals surface area contributed by atoms with Gasteiger partial charge in [0, 0.05) is 5.92 Å². The van der Waals surface area contributed by atoms with Crippen molar-refractivity contribution in [2.75, 3.05) is 13.7 Å². The number of ketones is 1. The maximum Gasteiger partial charge on any atom is 0.262 e. The molecule has 2 saturated carbocycles. The van der Waals surface area contributed by atoms with Crippen LogP contribution in [0.15, 0.2) is 46.0 Å². The molecule has 2 heterocycles. The topological polar surface area (TPSA) is 100 Å². The van der Waals surface area contributed by atoms with Gasteiger partial charge in [-0.15, -0.1) is 0 Å². The summed E-state index contributed by atoms with van der Waals surface area (Å²) in [4.78, 5) is 14.8. The van der Waals surface area contributed by atoms with E-state index in [9.17, 15) is 9.90 Å². The number of aromatic nitrogens is 1. The van der Waals surface area contributed by atoms with Gasteiger partial charge in [0.25, 0.3) is 5.88 Å². The maximum atomic E-state index is 14.8. The van der Waals surface area contributed by atoms with E-state index in [1.165, 1.54) is 0 Å². The Bertz CT molecular complexity index is 1450.